The Labute approximate surface area is 157 Å². The lowest BCUT2D eigenvalue weighted by atomic mass is 10.2. The molecule has 1 amide bonds. The Hall–Kier alpha value is -3.92. The number of halogens is 1. The molecule has 0 bridgehead atoms. The number of aromatic nitrogens is 5. The Morgan fingerprint density at radius 2 is 2.29 bits per heavy atom. The number of ether oxygens (including phenoxy) is 1. The van der Waals surface area contributed by atoms with Crippen molar-refractivity contribution in [3.8, 4) is 5.69 Å². The average molecular weight is 383 g/mol. The van der Waals surface area contributed by atoms with Crippen molar-refractivity contribution in [1.29, 1.82) is 0 Å². The zero-order valence-corrected chi connectivity index (χ0v) is 14.5. The molecule has 0 saturated carbocycles. The fraction of sp³-hybridized carbons (Fsp3) is 0.250. The van der Waals surface area contributed by atoms with Gasteiger partial charge in [0.1, 0.15) is 24.6 Å². The Morgan fingerprint density at radius 3 is 3.04 bits per heavy atom. The molecule has 28 heavy (non-hydrogen) atoms. The van der Waals surface area contributed by atoms with Crippen molar-refractivity contribution in [1.82, 2.24) is 24.3 Å². The van der Waals surface area contributed by atoms with E-state index in [1.54, 1.807) is 33.9 Å². The SMILES string of the molecule is [N-]=[N+]=NCC1CN(c2ccc(-n3cnc(Cn4cncn4)c3)c(F)c2)C(=O)O1. The predicted molar refractivity (Wildman–Crippen MR) is 94.3 cm³/mol. The number of benzene rings is 1. The van der Waals surface area contributed by atoms with Crippen LogP contribution in [0.5, 0.6) is 0 Å². The maximum atomic E-state index is 14.7. The van der Waals surface area contributed by atoms with Crippen molar-refractivity contribution in [2.24, 2.45) is 5.11 Å². The molecule has 0 spiro atoms. The van der Waals surface area contributed by atoms with E-state index in [9.17, 15) is 9.18 Å². The van der Waals surface area contributed by atoms with Gasteiger partial charge in [-0.15, -0.1) is 0 Å². The van der Waals surface area contributed by atoms with Gasteiger partial charge in [-0.05, 0) is 23.7 Å². The molecule has 1 aliphatic heterocycles. The summed E-state index contributed by atoms with van der Waals surface area (Å²) in [4.78, 5) is 24.0. The number of carbonyl (C=O) groups excluding carboxylic acids is 1. The molecule has 1 aromatic carbocycles. The highest BCUT2D eigenvalue weighted by Crippen LogP contribution is 2.25. The number of azide groups is 1. The van der Waals surface area contributed by atoms with Gasteiger partial charge in [-0.3, -0.25) is 4.90 Å². The Balaban J connectivity index is 1.51. The van der Waals surface area contributed by atoms with Crippen LogP contribution in [0.4, 0.5) is 14.9 Å². The average Bonchev–Trinajstić information content (AvgIpc) is 3.42. The molecular formula is C16H14FN9O2. The lowest BCUT2D eigenvalue weighted by Crippen LogP contribution is -2.25. The molecule has 1 unspecified atom stereocenters. The summed E-state index contributed by atoms with van der Waals surface area (Å²) in [5.74, 6) is -0.520. The zero-order chi connectivity index (χ0) is 19.5. The van der Waals surface area contributed by atoms with Gasteiger partial charge < -0.3 is 9.30 Å². The fourth-order valence-electron chi connectivity index (χ4n) is 2.89. The second kappa shape index (κ2) is 7.37. The van der Waals surface area contributed by atoms with E-state index in [4.69, 9.17) is 10.3 Å². The summed E-state index contributed by atoms with van der Waals surface area (Å²) in [7, 11) is 0. The van der Waals surface area contributed by atoms with Crippen molar-refractivity contribution in [3.05, 3.63) is 65.3 Å². The number of anilines is 1. The van der Waals surface area contributed by atoms with Crippen LogP contribution in [0.1, 0.15) is 5.69 Å². The number of hydrogen-bond donors (Lipinski definition) is 0. The van der Waals surface area contributed by atoms with Crippen molar-refractivity contribution >= 4 is 11.8 Å². The van der Waals surface area contributed by atoms with Crippen LogP contribution in [-0.4, -0.2) is 49.6 Å². The number of amides is 1. The van der Waals surface area contributed by atoms with Gasteiger partial charge in [-0.25, -0.2) is 23.8 Å². The van der Waals surface area contributed by atoms with Crippen LogP contribution in [-0.2, 0) is 11.3 Å². The number of cyclic esters (lactones) is 1. The summed E-state index contributed by atoms with van der Waals surface area (Å²) in [6.07, 6.45) is 5.03. The third-order valence-corrected chi connectivity index (χ3v) is 4.17. The summed E-state index contributed by atoms with van der Waals surface area (Å²) >= 11 is 0. The van der Waals surface area contributed by atoms with E-state index in [1.165, 1.54) is 23.6 Å². The minimum absolute atomic E-state index is 0.0306. The summed E-state index contributed by atoms with van der Waals surface area (Å²) < 4.78 is 23.0. The number of imidazole rings is 1. The second-order valence-corrected chi connectivity index (χ2v) is 6.03. The molecule has 142 valence electrons. The van der Waals surface area contributed by atoms with Crippen LogP contribution in [0.2, 0.25) is 0 Å². The summed E-state index contributed by atoms with van der Waals surface area (Å²) in [6, 6.07) is 4.43. The van der Waals surface area contributed by atoms with E-state index in [1.807, 2.05) is 0 Å². The monoisotopic (exact) mass is 383 g/mol. The van der Waals surface area contributed by atoms with E-state index >= 15 is 0 Å². The smallest absolute Gasteiger partial charge is 0.414 e. The topological polar surface area (TPSA) is 127 Å². The van der Waals surface area contributed by atoms with Crippen molar-refractivity contribution in [2.75, 3.05) is 18.0 Å². The van der Waals surface area contributed by atoms with Gasteiger partial charge in [-0.2, -0.15) is 5.10 Å². The van der Waals surface area contributed by atoms with Crippen molar-refractivity contribution in [2.45, 2.75) is 12.6 Å². The molecule has 1 saturated heterocycles. The van der Waals surface area contributed by atoms with E-state index in [-0.39, 0.29) is 13.1 Å². The first-order valence-corrected chi connectivity index (χ1v) is 8.28. The Bertz CT molecular complexity index is 1040. The largest absolute Gasteiger partial charge is 0.444 e. The highest BCUT2D eigenvalue weighted by atomic mass is 19.1. The zero-order valence-electron chi connectivity index (χ0n) is 14.5. The van der Waals surface area contributed by atoms with Crippen LogP contribution >= 0.6 is 0 Å². The molecule has 1 atom stereocenters. The van der Waals surface area contributed by atoms with Crippen LogP contribution < -0.4 is 4.90 Å². The first kappa shape index (κ1) is 17.5. The first-order chi connectivity index (χ1) is 13.6. The van der Waals surface area contributed by atoms with Crippen LogP contribution in [0.3, 0.4) is 0 Å². The fourth-order valence-corrected chi connectivity index (χ4v) is 2.89. The van der Waals surface area contributed by atoms with Crippen molar-refractivity contribution < 1.29 is 13.9 Å². The molecule has 0 aliphatic carbocycles. The van der Waals surface area contributed by atoms with E-state index < -0.39 is 18.0 Å². The number of hydrogen-bond acceptors (Lipinski definition) is 6. The van der Waals surface area contributed by atoms with Gasteiger partial charge in [0.05, 0.1) is 43.0 Å². The number of carbonyl (C=O) groups is 1. The quantitative estimate of drug-likeness (QED) is 0.366. The lowest BCUT2D eigenvalue weighted by Gasteiger charge is -2.14. The maximum absolute atomic E-state index is 14.7. The van der Waals surface area contributed by atoms with Gasteiger partial charge in [0.2, 0.25) is 0 Å². The van der Waals surface area contributed by atoms with Crippen molar-refractivity contribution in [3.63, 3.8) is 0 Å². The molecule has 12 heteroatoms. The van der Waals surface area contributed by atoms with Gasteiger partial charge in [0, 0.05) is 11.1 Å². The second-order valence-electron chi connectivity index (χ2n) is 6.03. The van der Waals surface area contributed by atoms with E-state index in [2.05, 4.69) is 25.1 Å². The first-order valence-electron chi connectivity index (χ1n) is 8.28. The molecule has 11 nitrogen and oxygen atoms in total. The summed E-state index contributed by atoms with van der Waals surface area (Å²) in [5, 5.41) is 7.40. The highest BCUT2D eigenvalue weighted by molar-refractivity contribution is 5.89. The summed E-state index contributed by atoms with van der Waals surface area (Å²) in [5.41, 5.74) is 9.71. The third-order valence-electron chi connectivity index (χ3n) is 4.17. The molecule has 1 fully saturated rings. The molecule has 3 heterocycles. The minimum Gasteiger partial charge on any atom is -0.444 e. The summed E-state index contributed by atoms with van der Waals surface area (Å²) in [6.45, 7) is 0.631. The van der Waals surface area contributed by atoms with Gasteiger partial charge in [0.15, 0.2) is 0 Å². The highest BCUT2D eigenvalue weighted by Gasteiger charge is 2.32. The van der Waals surface area contributed by atoms with Gasteiger partial charge in [-0.1, -0.05) is 5.11 Å². The normalized spacial score (nSPS) is 16.1. The standard InChI is InChI=1S/C16H14FN9O2/c17-14-3-12(26-7-13(4-21-23-18)28-16(26)27)1-2-15(14)24-5-11(20-10-24)6-25-9-19-8-22-25/h1-3,5,8-10,13H,4,6-7H2. The Morgan fingerprint density at radius 1 is 1.39 bits per heavy atom. The number of nitrogens with zero attached hydrogens (tertiary/aromatic N) is 9. The molecule has 0 radical (unpaired) electrons. The molecule has 4 rings (SSSR count). The van der Waals surface area contributed by atoms with Crippen LogP contribution in [0, 0.1) is 5.82 Å². The third kappa shape index (κ3) is 3.48. The minimum atomic E-state index is -0.608. The molecule has 2 aromatic heterocycles. The molecule has 3 aromatic rings. The van der Waals surface area contributed by atoms with Crippen LogP contribution in [0.15, 0.2) is 48.5 Å². The molecular weight excluding hydrogens is 369 g/mol. The van der Waals surface area contributed by atoms with Crippen LogP contribution in [0.25, 0.3) is 16.1 Å². The predicted octanol–water partition coefficient (Wildman–Crippen LogP) is 2.29. The van der Waals surface area contributed by atoms with E-state index in [0.29, 0.717) is 23.6 Å². The molecule has 1 aliphatic rings. The van der Waals surface area contributed by atoms with Gasteiger partial charge >= 0.3 is 6.09 Å². The van der Waals surface area contributed by atoms with E-state index in [0.717, 1.165) is 0 Å². The maximum Gasteiger partial charge on any atom is 0.414 e. The lowest BCUT2D eigenvalue weighted by molar-refractivity contribution is 0.145. The molecule has 0 N–H and O–H groups in total. The Kier molecular flexibility index (Phi) is 4.60. The number of rotatable bonds is 6. The van der Waals surface area contributed by atoms with Gasteiger partial charge in [0.25, 0.3) is 0 Å².